The lowest BCUT2D eigenvalue weighted by Crippen LogP contribution is -2.45. The molecule has 1 saturated heterocycles. The fourth-order valence-corrected chi connectivity index (χ4v) is 2.87. The van der Waals surface area contributed by atoms with Crippen LogP contribution in [0.3, 0.4) is 0 Å². The molecule has 2 rings (SSSR count). The maximum atomic E-state index is 5.99. The largest absolute Gasteiger partial charge is 0.355 e. The van der Waals surface area contributed by atoms with Crippen LogP contribution in [-0.2, 0) is 12.3 Å². The van der Waals surface area contributed by atoms with E-state index in [9.17, 15) is 0 Å². The van der Waals surface area contributed by atoms with Crippen molar-refractivity contribution in [3.05, 3.63) is 23.4 Å². The molecule has 0 spiro atoms. The molecule has 1 aromatic rings. The molecule has 0 amide bonds. The smallest absolute Gasteiger partial charge is 0.129 e. The van der Waals surface area contributed by atoms with Crippen molar-refractivity contribution in [1.82, 2.24) is 9.88 Å². The van der Waals surface area contributed by atoms with Crippen molar-refractivity contribution in [1.29, 1.82) is 0 Å². The molecule has 0 N–H and O–H groups in total. The summed E-state index contributed by atoms with van der Waals surface area (Å²) >= 11 is 5.99. The number of alkyl halides is 1. The predicted octanol–water partition coefficient (Wildman–Crippen LogP) is 2.91. The quantitative estimate of drug-likeness (QED) is 0.791. The molecule has 3 nitrogen and oxygen atoms in total. The molecule has 106 valence electrons. The second-order valence-electron chi connectivity index (χ2n) is 5.48. The molecule has 2 heterocycles. The Labute approximate surface area is 121 Å². The molecule has 0 aliphatic carbocycles. The van der Waals surface area contributed by atoms with E-state index in [1.54, 1.807) is 0 Å². The monoisotopic (exact) mass is 281 g/mol. The Morgan fingerprint density at radius 2 is 2.26 bits per heavy atom. The van der Waals surface area contributed by atoms with Crippen molar-refractivity contribution in [2.24, 2.45) is 0 Å². The molecule has 0 bridgehead atoms. The van der Waals surface area contributed by atoms with E-state index in [1.165, 1.54) is 24.9 Å². The Balaban J connectivity index is 2.19. The van der Waals surface area contributed by atoms with Crippen LogP contribution in [0.2, 0.25) is 0 Å². The molecule has 0 radical (unpaired) electrons. The number of piperidine rings is 1. The summed E-state index contributed by atoms with van der Waals surface area (Å²) in [7, 11) is 4.35. The average Bonchev–Trinajstić information content (AvgIpc) is 2.45. The van der Waals surface area contributed by atoms with Gasteiger partial charge in [-0.05, 0) is 50.6 Å². The number of likely N-dealkylation sites (N-methyl/N-ethyl adjacent to an activating group) is 2. The van der Waals surface area contributed by atoms with Crippen molar-refractivity contribution >= 4 is 17.4 Å². The number of likely N-dealkylation sites (tertiary alicyclic amines) is 1. The molecule has 0 saturated carbocycles. The van der Waals surface area contributed by atoms with E-state index in [1.807, 2.05) is 0 Å². The Morgan fingerprint density at radius 3 is 2.89 bits per heavy atom. The first-order valence-electron chi connectivity index (χ1n) is 7.11. The summed E-state index contributed by atoms with van der Waals surface area (Å²) in [5, 5.41) is 0. The number of rotatable bonds is 4. The number of aromatic nitrogens is 1. The van der Waals surface area contributed by atoms with Crippen LogP contribution in [0.4, 0.5) is 5.82 Å². The van der Waals surface area contributed by atoms with Gasteiger partial charge >= 0.3 is 0 Å². The molecule has 19 heavy (non-hydrogen) atoms. The fraction of sp³-hybridized carbons (Fsp3) is 0.667. The Hall–Kier alpha value is -0.800. The maximum absolute atomic E-state index is 5.99. The number of nitrogens with zero attached hydrogens (tertiary/aromatic N) is 3. The minimum Gasteiger partial charge on any atom is -0.355 e. The van der Waals surface area contributed by atoms with Gasteiger partial charge in [0.1, 0.15) is 5.82 Å². The van der Waals surface area contributed by atoms with Crippen LogP contribution in [0.15, 0.2) is 12.1 Å². The SMILES string of the molecule is CCc1cc(CCl)cc(N(C)C2CCCN(C)C2)n1. The summed E-state index contributed by atoms with van der Waals surface area (Å²) < 4.78 is 0. The van der Waals surface area contributed by atoms with Crippen LogP contribution in [0.1, 0.15) is 31.0 Å². The summed E-state index contributed by atoms with van der Waals surface area (Å²) in [6, 6.07) is 4.79. The van der Waals surface area contributed by atoms with Crippen molar-refractivity contribution in [2.45, 2.75) is 38.1 Å². The van der Waals surface area contributed by atoms with Gasteiger partial charge in [0, 0.05) is 31.2 Å². The normalized spacial score (nSPS) is 20.5. The van der Waals surface area contributed by atoms with Crippen molar-refractivity contribution in [3.63, 3.8) is 0 Å². The van der Waals surface area contributed by atoms with E-state index in [0.29, 0.717) is 11.9 Å². The first-order chi connectivity index (χ1) is 9.13. The minimum absolute atomic E-state index is 0.556. The van der Waals surface area contributed by atoms with Crippen molar-refractivity contribution in [2.75, 3.05) is 32.1 Å². The lowest BCUT2D eigenvalue weighted by molar-refractivity contribution is 0.247. The summed E-state index contributed by atoms with van der Waals surface area (Å²) in [5.74, 6) is 1.62. The Bertz CT molecular complexity index is 400. The van der Waals surface area contributed by atoms with Crippen LogP contribution in [0, 0.1) is 0 Å². The molecule has 1 atom stereocenters. The third-order valence-electron chi connectivity index (χ3n) is 3.95. The highest BCUT2D eigenvalue weighted by Crippen LogP contribution is 2.22. The van der Waals surface area contributed by atoms with Crippen molar-refractivity contribution < 1.29 is 0 Å². The van der Waals surface area contributed by atoms with Crippen LogP contribution >= 0.6 is 11.6 Å². The van der Waals surface area contributed by atoms with Gasteiger partial charge in [-0.25, -0.2) is 4.98 Å². The first-order valence-corrected chi connectivity index (χ1v) is 7.64. The number of aryl methyl sites for hydroxylation is 1. The molecule has 1 aliphatic heterocycles. The third-order valence-corrected chi connectivity index (χ3v) is 4.26. The zero-order chi connectivity index (χ0) is 13.8. The fourth-order valence-electron chi connectivity index (χ4n) is 2.71. The molecule has 1 fully saturated rings. The van der Waals surface area contributed by atoms with E-state index in [4.69, 9.17) is 16.6 Å². The zero-order valence-corrected chi connectivity index (χ0v) is 13.0. The highest BCUT2D eigenvalue weighted by Gasteiger charge is 2.22. The minimum atomic E-state index is 0.556. The highest BCUT2D eigenvalue weighted by molar-refractivity contribution is 6.17. The average molecular weight is 282 g/mol. The van der Waals surface area contributed by atoms with Gasteiger partial charge in [-0.15, -0.1) is 11.6 Å². The van der Waals surface area contributed by atoms with Gasteiger partial charge in [-0.2, -0.15) is 0 Å². The van der Waals surface area contributed by atoms with E-state index < -0.39 is 0 Å². The molecule has 1 aliphatic rings. The summed E-state index contributed by atoms with van der Waals surface area (Å²) in [6.07, 6.45) is 3.46. The number of hydrogen-bond donors (Lipinski definition) is 0. The van der Waals surface area contributed by atoms with Gasteiger partial charge in [0.05, 0.1) is 0 Å². The maximum Gasteiger partial charge on any atom is 0.129 e. The van der Waals surface area contributed by atoms with Crippen LogP contribution in [-0.4, -0.2) is 43.1 Å². The van der Waals surface area contributed by atoms with Gasteiger partial charge in [-0.1, -0.05) is 6.92 Å². The van der Waals surface area contributed by atoms with Crippen LogP contribution in [0.5, 0.6) is 0 Å². The van der Waals surface area contributed by atoms with E-state index >= 15 is 0 Å². The Kier molecular flexibility index (Phi) is 5.06. The van der Waals surface area contributed by atoms with Crippen LogP contribution in [0.25, 0.3) is 0 Å². The molecule has 1 unspecified atom stereocenters. The second kappa shape index (κ2) is 6.58. The number of hydrogen-bond acceptors (Lipinski definition) is 3. The van der Waals surface area contributed by atoms with Crippen molar-refractivity contribution in [3.8, 4) is 0 Å². The summed E-state index contributed by atoms with van der Waals surface area (Å²) in [4.78, 5) is 9.47. The van der Waals surface area contributed by atoms with Gasteiger partial charge in [0.25, 0.3) is 0 Å². The lowest BCUT2D eigenvalue weighted by Gasteiger charge is -2.36. The van der Waals surface area contributed by atoms with Crippen LogP contribution < -0.4 is 4.90 Å². The molecule has 1 aromatic heterocycles. The molecule has 4 heteroatoms. The summed E-state index contributed by atoms with van der Waals surface area (Å²) in [6.45, 7) is 4.46. The first kappa shape index (κ1) is 14.6. The molecule has 0 aromatic carbocycles. The lowest BCUT2D eigenvalue weighted by atomic mass is 10.0. The topological polar surface area (TPSA) is 19.4 Å². The number of anilines is 1. The molecular weight excluding hydrogens is 258 g/mol. The van der Waals surface area contributed by atoms with E-state index in [2.05, 4.69) is 43.0 Å². The van der Waals surface area contributed by atoms with Gasteiger partial charge in [0.15, 0.2) is 0 Å². The molecular formula is C15H24ClN3. The standard InChI is InChI=1S/C15H24ClN3/c1-4-13-8-12(10-16)9-15(17-13)19(3)14-6-5-7-18(2)11-14/h8-9,14H,4-7,10-11H2,1-3H3. The second-order valence-corrected chi connectivity index (χ2v) is 5.75. The van der Waals surface area contributed by atoms with E-state index in [0.717, 1.165) is 24.5 Å². The third kappa shape index (κ3) is 3.61. The number of pyridine rings is 1. The Morgan fingerprint density at radius 1 is 1.47 bits per heavy atom. The van der Waals surface area contributed by atoms with Gasteiger partial charge in [-0.3, -0.25) is 0 Å². The van der Waals surface area contributed by atoms with Gasteiger partial charge < -0.3 is 9.80 Å². The van der Waals surface area contributed by atoms with E-state index in [-0.39, 0.29) is 0 Å². The zero-order valence-electron chi connectivity index (χ0n) is 12.2. The predicted molar refractivity (Wildman–Crippen MR) is 82.1 cm³/mol. The number of halogens is 1. The highest BCUT2D eigenvalue weighted by atomic mass is 35.5. The summed E-state index contributed by atoms with van der Waals surface area (Å²) in [5.41, 5.74) is 2.30. The van der Waals surface area contributed by atoms with Gasteiger partial charge in [0.2, 0.25) is 0 Å².